The summed E-state index contributed by atoms with van der Waals surface area (Å²) < 4.78 is 0. The number of hydrogen-bond acceptors (Lipinski definition) is 4. The SMILES string of the molecule is Cc1nc(CN2CCc3ccccc3C2C(N)=O)cs1. The molecule has 1 unspecified atom stereocenters. The highest BCUT2D eigenvalue weighted by atomic mass is 32.1. The molecule has 104 valence electrons. The number of nitrogens with two attached hydrogens (primary N) is 1. The smallest absolute Gasteiger partial charge is 0.239 e. The van der Waals surface area contributed by atoms with Gasteiger partial charge >= 0.3 is 0 Å². The van der Waals surface area contributed by atoms with Gasteiger partial charge in [-0.15, -0.1) is 11.3 Å². The molecule has 4 nitrogen and oxygen atoms in total. The largest absolute Gasteiger partial charge is 0.368 e. The molecule has 0 saturated carbocycles. The second-order valence-electron chi connectivity index (χ2n) is 5.08. The molecule has 0 bridgehead atoms. The van der Waals surface area contributed by atoms with Crippen molar-refractivity contribution < 1.29 is 4.79 Å². The van der Waals surface area contributed by atoms with E-state index in [-0.39, 0.29) is 11.9 Å². The van der Waals surface area contributed by atoms with Crippen LogP contribution < -0.4 is 5.73 Å². The van der Waals surface area contributed by atoms with Crippen molar-refractivity contribution in [2.75, 3.05) is 6.54 Å². The maximum absolute atomic E-state index is 11.9. The third-order valence-corrected chi connectivity index (χ3v) is 4.51. The van der Waals surface area contributed by atoms with Crippen molar-refractivity contribution in [1.82, 2.24) is 9.88 Å². The Morgan fingerprint density at radius 3 is 3.00 bits per heavy atom. The minimum Gasteiger partial charge on any atom is -0.368 e. The van der Waals surface area contributed by atoms with Gasteiger partial charge in [-0.3, -0.25) is 9.69 Å². The van der Waals surface area contributed by atoms with Crippen LogP contribution in [0.25, 0.3) is 0 Å². The Bertz CT molecular complexity index is 638. The lowest BCUT2D eigenvalue weighted by atomic mass is 9.92. The maximum atomic E-state index is 11.9. The predicted octanol–water partition coefficient (Wildman–Crippen LogP) is 2.04. The lowest BCUT2D eigenvalue weighted by molar-refractivity contribution is -0.124. The molecule has 0 aliphatic carbocycles. The highest BCUT2D eigenvalue weighted by Crippen LogP contribution is 2.30. The van der Waals surface area contributed by atoms with Gasteiger partial charge in [-0.05, 0) is 24.5 Å². The molecule has 1 aliphatic heterocycles. The molecule has 1 amide bonds. The van der Waals surface area contributed by atoms with Crippen LogP contribution >= 0.6 is 11.3 Å². The van der Waals surface area contributed by atoms with Crippen LogP contribution in [0.4, 0.5) is 0 Å². The van der Waals surface area contributed by atoms with Gasteiger partial charge in [0.15, 0.2) is 0 Å². The molecule has 1 aromatic heterocycles. The number of carbonyl (C=O) groups excluding carboxylic acids is 1. The van der Waals surface area contributed by atoms with Crippen molar-refractivity contribution in [1.29, 1.82) is 0 Å². The van der Waals surface area contributed by atoms with E-state index < -0.39 is 0 Å². The van der Waals surface area contributed by atoms with Crippen molar-refractivity contribution in [3.63, 3.8) is 0 Å². The van der Waals surface area contributed by atoms with Crippen LogP contribution in [0.2, 0.25) is 0 Å². The second-order valence-corrected chi connectivity index (χ2v) is 6.14. The van der Waals surface area contributed by atoms with Gasteiger partial charge in [0.05, 0.1) is 10.7 Å². The molecule has 2 N–H and O–H groups in total. The summed E-state index contributed by atoms with van der Waals surface area (Å²) in [5, 5.41) is 3.10. The average molecular weight is 287 g/mol. The number of fused-ring (bicyclic) bond motifs is 1. The molecule has 0 saturated heterocycles. The number of nitrogens with zero attached hydrogens (tertiary/aromatic N) is 2. The van der Waals surface area contributed by atoms with Crippen molar-refractivity contribution in [2.24, 2.45) is 5.73 Å². The number of aromatic nitrogens is 1. The summed E-state index contributed by atoms with van der Waals surface area (Å²) in [6.07, 6.45) is 0.947. The molecule has 0 fully saturated rings. The fourth-order valence-electron chi connectivity index (χ4n) is 2.81. The zero-order chi connectivity index (χ0) is 14.1. The monoisotopic (exact) mass is 287 g/mol. The lowest BCUT2D eigenvalue weighted by Crippen LogP contribution is -2.42. The fraction of sp³-hybridized carbons (Fsp3) is 0.333. The van der Waals surface area contributed by atoms with Crippen molar-refractivity contribution in [2.45, 2.75) is 25.9 Å². The number of amides is 1. The number of thiazole rings is 1. The van der Waals surface area contributed by atoms with Crippen LogP contribution in [0.3, 0.4) is 0 Å². The van der Waals surface area contributed by atoms with Gasteiger partial charge in [-0.25, -0.2) is 4.98 Å². The highest BCUT2D eigenvalue weighted by molar-refractivity contribution is 7.09. The number of primary amides is 1. The number of rotatable bonds is 3. The van der Waals surface area contributed by atoms with Gasteiger partial charge < -0.3 is 5.73 Å². The molecule has 1 aromatic carbocycles. The summed E-state index contributed by atoms with van der Waals surface area (Å²) in [7, 11) is 0. The van der Waals surface area contributed by atoms with Crippen LogP contribution in [0, 0.1) is 6.92 Å². The summed E-state index contributed by atoms with van der Waals surface area (Å²) >= 11 is 1.63. The number of aryl methyl sites for hydroxylation is 1. The van der Waals surface area contributed by atoms with Crippen molar-refractivity contribution in [3.8, 4) is 0 Å². The van der Waals surface area contributed by atoms with Gasteiger partial charge in [0.25, 0.3) is 0 Å². The van der Waals surface area contributed by atoms with E-state index in [2.05, 4.69) is 16.0 Å². The van der Waals surface area contributed by atoms with E-state index in [1.54, 1.807) is 11.3 Å². The summed E-state index contributed by atoms with van der Waals surface area (Å²) in [5.41, 5.74) is 8.91. The third-order valence-electron chi connectivity index (χ3n) is 3.68. The van der Waals surface area contributed by atoms with Gasteiger partial charge in [0.2, 0.25) is 5.91 Å². The van der Waals surface area contributed by atoms with Gasteiger partial charge in [0, 0.05) is 18.5 Å². The van der Waals surface area contributed by atoms with E-state index in [4.69, 9.17) is 5.73 Å². The first kappa shape index (κ1) is 13.3. The minimum absolute atomic E-state index is 0.288. The van der Waals surface area contributed by atoms with Crippen LogP contribution in [0.15, 0.2) is 29.6 Å². The molecule has 5 heteroatoms. The molecular weight excluding hydrogens is 270 g/mol. The normalized spacial score (nSPS) is 18.8. The Balaban J connectivity index is 1.90. The first-order valence-corrected chi connectivity index (χ1v) is 7.55. The van der Waals surface area contributed by atoms with E-state index >= 15 is 0 Å². The highest BCUT2D eigenvalue weighted by Gasteiger charge is 2.31. The topological polar surface area (TPSA) is 59.2 Å². The van der Waals surface area contributed by atoms with Gasteiger partial charge in [-0.1, -0.05) is 24.3 Å². The maximum Gasteiger partial charge on any atom is 0.239 e. The van der Waals surface area contributed by atoms with Crippen LogP contribution in [-0.4, -0.2) is 22.3 Å². The van der Waals surface area contributed by atoms with E-state index in [0.29, 0.717) is 6.54 Å². The summed E-state index contributed by atoms with van der Waals surface area (Å²) in [4.78, 5) is 18.5. The Hall–Kier alpha value is -1.72. The molecule has 3 rings (SSSR count). The molecule has 2 aromatic rings. The Morgan fingerprint density at radius 2 is 2.30 bits per heavy atom. The van der Waals surface area contributed by atoms with Crippen LogP contribution in [0.5, 0.6) is 0 Å². The van der Waals surface area contributed by atoms with E-state index in [1.165, 1.54) is 5.56 Å². The molecule has 1 aliphatic rings. The lowest BCUT2D eigenvalue weighted by Gasteiger charge is -2.34. The summed E-state index contributed by atoms with van der Waals surface area (Å²) in [5.74, 6) is -0.288. The van der Waals surface area contributed by atoms with Gasteiger partial charge in [0.1, 0.15) is 6.04 Å². The number of carbonyl (C=O) groups is 1. The van der Waals surface area contributed by atoms with E-state index in [9.17, 15) is 4.79 Å². The first-order valence-electron chi connectivity index (χ1n) is 6.67. The van der Waals surface area contributed by atoms with E-state index in [0.717, 1.165) is 29.2 Å². The molecule has 0 spiro atoms. The van der Waals surface area contributed by atoms with E-state index in [1.807, 2.05) is 30.5 Å². The molecule has 20 heavy (non-hydrogen) atoms. The zero-order valence-electron chi connectivity index (χ0n) is 11.4. The Labute approximate surface area is 122 Å². The summed E-state index contributed by atoms with van der Waals surface area (Å²) in [6, 6.07) is 7.71. The molecule has 0 radical (unpaired) electrons. The number of hydrogen-bond donors (Lipinski definition) is 1. The van der Waals surface area contributed by atoms with Crippen molar-refractivity contribution >= 4 is 17.2 Å². The minimum atomic E-state index is -0.345. The average Bonchev–Trinajstić information content (AvgIpc) is 2.83. The molecular formula is C15H17N3OS. The Kier molecular flexibility index (Phi) is 3.54. The van der Waals surface area contributed by atoms with Gasteiger partial charge in [-0.2, -0.15) is 0 Å². The number of benzene rings is 1. The second kappa shape index (κ2) is 5.34. The van der Waals surface area contributed by atoms with Crippen LogP contribution in [0.1, 0.15) is 27.9 Å². The molecule has 2 heterocycles. The van der Waals surface area contributed by atoms with Crippen LogP contribution in [-0.2, 0) is 17.8 Å². The Morgan fingerprint density at radius 1 is 1.50 bits per heavy atom. The quantitative estimate of drug-likeness (QED) is 0.939. The fourth-order valence-corrected chi connectivity index (χ4v) is 3.41. The standard InChI is InChI=1S/C15H17N3OS/c1-10-17-12(9-20-10)8-18-7-6-11-4-2-3-5-13(11)14(18)15(16)19/h2-5,9,14H,6-8H2,1H3,(H2,16,19). The zero-order valence-corrected chi connectivity index (χ0v) is 12.2. The third kappa shape index (κ3) is 2.46. The summed E-state index contributed by atoms with van der Waals surface area (Å²) in [6.45, 7) is 3.50. The predicted molar refractivity (Wildman–Crippen MR) is 79.3 cm³/mol. The molecule has 1 atom stereocenters. The first-order chi connectivity index (χ1) is 9.65. The van der Waals surface area contributed by atoms with Crippen molar-refractivity contribution in [3.05, 3.63) is 51.5 Å².